The Bertz CT molecular complexity index is 3010. The van der Waals surface area contributed by atoms with Crippen LogP contribution < -0.4 is 0 Å². The number of nitrogens with zero attached hydrogens (tertiary/aromatic N) is 4. The number of nitrogens with one attached hydrogen (secondary N) is 3. The molecule has 4 aromatic heterocycles. The summed E-state index contributed by atoms with van der Waals surface area (Å²) in [6.45, 7) is 27.0. The van der Waals surface area contributed by atoms with Crippen LogP contribution in [-0.4, -0.2) is 34.9 Å². The van der Waals surface area contributed by atoms with Crippen molar-refractivity contribution in [2.45, 2.75) is 105 Å². The van der Waals surface area contributed by atoms with E-state index in [1.807, 2.05) is 0 Å². The van der Waals surface area contributed by atoms with Crippen LogP contribution in [0.15, 0.2) is 72.8 Å². The van der Waals surface area contributed by atoms with Gasteiger partial charge in [-0.25, -0.2) is 19.9 Å². The van der Waals surface area contributed by atoms with Gasteiger partial charge in [0, 0.05) is 43.4 Å². The summed E-state index contributed by atoms with van der Waals surface area (Å²) >= 11 is 0. The summed E-state index contributed by atoms with van der Waals surface area (Å²) in [5, 5.41) is 6.19. The smallest absolute Gasteiger partial charge is 0.162 e. The molecule has 7 heteroatoms. The van der Waals surface area contributed by atoms with Crippen LogP contribution in [0.3, 0.4) is 0 Å². The van der Waals surface area contributed by atoms with Crippen molar-refractivity contribution in [3.8, 4) is 22.6 Å². The first-order valence-corrected chi connectivity index (χ1v) is 19.5. The summed E-state index contributed by atoms with van der Waals surface area (Å²) in [6.07, 6.45) is 0. The van der Waals surface area contributed by atoms with Gasteiger partial charge in [-0.2, -0.15) is 0 Å². The van der Waals surface area contributed by atoms with Crippen LogP contribution >= 0.6 is 0 Å². The van der Waals surface area contributed by atoms with Gasteiger partial charge in [-0.3, -0.25) is 0 Å². The third-order valence-corrected chi connectivity index (χ3v) is 11.4. The minimum Gasteiger partial charge on any atom is -0.337 e. The lowest BCUT2D eigenvalue weighted by atomic mass is 9.85. The Balaban J connectivity index is 1.53. The highest BCUT2D eigenvalue weighted by molar-refractivity contribution is 6.13. The van der Waals surface area contributed by atoms with Crippen LogP contribution in [0.2, 0.25) is 0 Å². The monoisotopic (exact) mass is 725 g/mol. The molecule has 278 valence electrons. The maximum absolute atomic E-state index is 5.43. The molecule has 0 amide bonds. The molecule has 3 N–H and O–H groups in total. The molecule has 4 aromatic carbocycles. The highest BCUT2D eigenvalue weighted by atomic mass is 15.0. The Morgan fingerprint density at radius 3 is 1.22 bits per heavy atom. The highest BCUT2D eigenvalue weighted by Gasteiger charge is 2.26. The van der Waals surface area contributed by atoms with Gasteiger partial charge in [0.15, 0.2) is 5.82 Å². The Kier molecular flexibility index (Phi) is 7.34. The molecule has 0 fully saturated rings. The average Bonchev–Trinajstić information content (AvgIpc) is 3.84. The number of H-pyrrole nitrogens is 3. The van der Waals surface area contributed by atoms with Crippen LogP contribution in [0.5, 0.6) is 0 Å². The topological polar surface area (TPSA) is 98.9 Å². The number of hydrogen-bond donors (Lipinski definition) is 3. The third kappa shape index (κ3) is 5.78. The number of aromatic amines is 3. The Morgan fingerprint density at radius 1 is 0.345 bits per heavy atom. The number of aromatic nitrogens is 7. The summed E-state index contributed by atoms with van der Waals surface area (Å²) < 4.78 is 0. The van der Waals surface area contributed by atoms with Gasteiger partial charge in [-0.05, 0) is 68.2 Å². The molecule has 8 bridgehead atoms. The first kappa shape index (κ1) is 35.2. The number of rotatable bonds is 0. The molecule has 0 radical (unpaired) electrons. The van der Waals surface area contributed by atoms with Crippen molar-refractivity contribution < 1.29 is 0 Å². The molecule has 1 aliphatic heterocycles. The second-order valence-corrected chi connectivity index (χ2v) is 19.7. The zero-order valence-electron chi connectivity index (χ0n) is 34.2. The van der Waals surface area contributed by atoms with Gasteiger partial charge in [-0.15, -0.1) is 0 Å². The summed E-state index contributed by atoms with van der Waals surface area (Å²) in [6, 6.07) is 26.8. The van der Waals surface area contributed by atoms with Crippen molar-refractivity contribution in [2.24, 2.45) is 0 Å². The van der Waals surface area contributed by atoms with Gasteiger partial charge >= 0.3 is 0 Å². The number of fused-ring (bicyclic) bond motifs is 21. The molecular formula is C48H51N7. The van der Waals surface area contributed by atoms with E-state index >= 15 is 0 Å². The predicted molar refractivity (Wildman–Crippen MR) is 231 cm³/mol. The summed E-state index contributed by atoms with van der Waals surface area (Å²) in [4.78, 5) is 32.7. The van der Waals surface area contributed by atoms with E-state index in [2.05, 4.69) is 171 Å². The molecule has 0 aliphatic carbocycles. The number of benzene rings is 4. The first-order valence-electron chi connectivity index (χ1n) is 19.5. The van der Waals surface area contributed by atoms with Gasteiger partial charge in [0.05, 0.1) is 11.2 Å². The van der Waals surface area contributed by atoms with E-state index in [9.17, 15) is 0 Å². The van der Waals surface area contributed by atoms with E-state index in [0.717, 1.165) is 82.9 Å². The summed E-state index contributed by atoms with van der Waals surface area (Å²) in [5.74, 6) is 0.672. The second kappa shape index (κ2) is 11.5. The maximum Gasteiger partial charge on any atom is 0.162 e. The van der Waals surface area contributed by atoms with Crippen molar-refractivity contribution in [3.63, 3.8) is 0 Å². The normalized spacial score (nSPS) is 13.5. The van der Waals surface area contributed by atoms with E-state index in [1.54, 1.807) is 0 Å². The minimum absolute atomic E-state index is 0.0431. The van der Waals surface area contributed by atoms with Crippen molar-refractivity contribution in [2.75, 3.05) is 0 Å². The molecule has 7 nitrogen and oxygen atoms in total. The van der Waals surface area contributed by atoms with Crippen LogP contribution in [0.4, 0.5) is 0 Å². The van der Waals surface area contributed by atoms with Crippen molar-refractivity contribution in [1.29, 1.82) is 0 Å². The fraction of sp³-hybridized carbons (Fsp3) is 0.333. The lowest BCUT2D eigenvalue weighted by Gasteiger charge is -2.20. The fourth-order valence-corrected chi connectivity index (χ4v) is 7.86. The zero-order chi connectivity index (χ0) is 39.0. The van der Waals surface area contributed by atoms with E-state index in [0.29, 0.717) is 5.82 Å². The van der Waals surface area contributed by atoms with Crippen LogP contribution in [0.25, 0.3) is 88.7 Å². The third-order valence-electron chi connectivity index (χ3n) is 11.4. The molecule has 0 spiro atoms. The maximum atomic E-state index is 5.43. The van der Waals surface area contributed by atoms with Gasteiger partial charge in [0.2, 0.25) is 0 Å². The van der Waals surface area contributed by atoms with E-state index in [4.69, 9.17) is 19.9 Å². The Morgan fingerprint density at radius 2 is 0.727 bits per heavy atom. The average molecular weight is 726 g/mol. The number of hydrogen-bond acceptors (Lipinski definition) is 4. The molecule has 0 saturated heterocycles. The fourth-order valence-electron chi connectivity index (χ4n) is 7.86. The molecule has 0 saturated carbocycles. The molecule has 9 rings (SSSR count). The minimum atomic E-state index is -0.0500. The van der Waals surface area contributed by atoms with E-state index < -0.39 is 0 Å². The lowest BCUT2D eigenvalue weighted by molar-refractivity contribution is 0.590. The Labute approximate surface area is 322 Å². The molecule has 0 atom stereocenters. The van der Waals surface area contributed by atoms with Crippen molar-refractivity contribution in [1.82, 2.24) is 34.9 Å². The first-order chi connectivity index (χ1) is 25.7. The quantitative estimate of drug-likeness (QED) is 0.145. The van der Waals surface area contributed by atoms with Crippen molar-refractivity contribution in [3.05, 3.63) is 95.1 Å². The van der Waals surface area contributed by atoms with Gasteiger partial charge < -0.3 is 15.0 Å². The summed E-state index contributed by atoms with van der Waals surface area (Å²) in [7, 11) is 0. The van der Waals surface area contributed by atoms with E-state index in [-0.39, 0.29) is 21.7 Å². The summed E-state index contributed by atoms with van der Waals surface area (Å²) in [5.41, 5.74) is 12.4. The van der Waals surface area contributed by atoms with Gasteiger partial charge in [-0.1, -0.05) is 132 Å². The molecular weight excluding hydrogens is 675 g/mol. The molecule has 55 heavy (non-hydrogen) atoms. The van der Waals surface area contributed by atoms with Crippen LogP contribution in [0, 0.1) is 0 Å². The zero-order valence-corrected chi connectivity index (χ0v) is 34.2. The molecule has 5 heterocycles. The van der Waals surface area contributed by atoms with E-state index in [1.165, 1.54) is 22.3 Å². The van der Waals surface area contributed by atoms with Gasteiger partial charge in [0.1, 0.15) is 28.2 Å². The van der Waals surface area contributed by atoms with Gasteiger partial charge in [0.25, 0.3) is 0 Å². The van der Waals surface area contributed by atoms with Crippen LogP contribution in [-0.2, 0) is 21.7 Å². The van der Waals surface area contributed by atoms with Crippen LogP contribution in [0.1, 0.15) is 105 Å². The SMILES string of the molecule is CC(C)(C)c1ccc2c(c1)-c1nc-2nc2[nH]c(nc3[nH]c(nc4[nH]c1c1ccc(C(C)(C)C)cc41)c1ccc(C(C)(C)C)cc31)c1ccc(C(C)(C)C)cc21. The van der Waals surface area contributed by atoms with Crippen molar-refractivity contribution >= 4 is 66.1 Å². The lowest BCUT2D eigenvalue weighted by Crippen LogP contribution is -2.10. The Hall–Kier alpha value is -5.56. The standard InChI is InChI=1S/C48H51N7/c1-45(2,3)25-14-18-30-33(21-25)38-37-29-17-13-26(46(4,5)6)22-34(29)42(49-37)52-40-31-19-15-28(48(10,11)12)24-36(31)44(53-40)55-41-32-20-16-27(47(7,8)9)23-35(32)43(54-41)51-39(30)50-38/h13-24H,1-12H3,(H3,49,50,51,52,53,54,55). The largest absolute Gasteiger partial charge is 0.337 e. The molecule has 1 aliphatic rings. The predicted octanol–water partition coefficient (Wildman–Crippen LogP) is 12.7. The second-order valence-electron chi connectivity index (χ2n) is 19.7. The highest BCUT2D eigenvalue weighted by Crippen LogP contribution is 2.43. The molecule has 8 aromatic rings. The molecule has 0 unspecified atom stereocenters.